The number of thiophene rings is 1. The number of carbonyl (C=O) groups is 2. The molecule has 0 bridgehead atoms. The molecular formula is C22H34N2O4S. The lowest BCUT2D eigenvalue weighted by atomic mass is 9.83. The predicted octanol–water partition coefficient (Wildman–Crippen LogP) is 4.85. The van der Waals surface area contributed by atoms with E-state index in [0.717, 1.165) is 38.0 Å². The maximum absolute atomic E-state index is 12.4. The van der Waals surface area contributed by atoms with Crippen LogP contribution in [0.1, 0.15) is 68.8 Å². The van der Waals surface area contributed by atoms with Crippen molar-refractivity contribution in [2.24, 2.45) is 5.92 Å². The summed E-state index contributed by atoms with van der Waals surface area (Å²) >= 11 is 1.65. The van der Waals surface area contributed by atoms with Crippen molar-refractivity contribution < 1.29 is 19.1 Å². The molecule has 7 heteroatoms. The van der Waals surface area contributed by atoms with E-state index in [1.54, 1.807) is 11.3 Å². The number of carbonyl (C=O) groups excluding carboxylic acids is 2. The zero-order chi connectivity index (χ0) is 21.2. The molecule has 2 saturated heterocycles. The highest BCUT2D eigenvalue weighted by Crippen LogP contribution is 2.39. The Kier molecular flexibility index (Phi) is 6.76. The van der Waals surface area contributed by atoms with Crippen LogP contribution in [0.3, 0.4) is 0 Å². The van der Waals surface area contributed by atoms with Crippen LogP contribution < -0.4 is 4.90 Å². The molecule has 0 spiro atoms. The zero-order valence-electron chi connectivity index (χ0n) is 18.3. The quantitative estimate of drug-likeness (QED) is 0.652. The van der Waals surface area contributed by atoms with Gasteiger partial charge in [0.1, 0.15) is 5.60 Å². The van der Waals surface area contributed by atoms with Crippen LogP contribution in [-0.2, 0) is 9.47 Å². The molecule has 0 aliphatic carbocycles. The summed E-state index contributed by atoms with van der Waals surface area (Å²) in [4.78, 5) is 28.8. The summed E-state index contributed by atoms with van der Waals surface area (Å²) in [5, 5.41) is 3.12. The van der Waals surface area contributed by atoms with E-state index < -0.39 is 5.60 Å². The summed E-state index contributed by atoms with van der Waals surface area (Å²) in [6.07, 6.45) is 5.37. The fourth-order valence-electron chi connectivity index (χ4n) is 4.49. The van der Waals surface area contributed by atoms with Crippen LogP contribution >= 0.6 is 11.3 Å². The second-order valence-corrected chi connectivity index (χ2v) is 9.99. The van der Waals surface area contributed by atoms with Crippen molar-refractivity contribution in [1.82, 2.24) is 4.90 Å². The molecule has 0 saturated carbocycles. The number of hydrogen-bond acceptors (Lipinski definition) is 6. The Labute approximate surface area is 178 Å². The molecule has 1 amide bonds. The molecule has 2 fully saturated rings. The van der Waals surface area contributed by atoms with Gasteiger partial charge in [0.15, 0.2) is 0 Å². The minimum Gasteiger partial charge on any atom is -0.465 e. The summed E-state index contributed by atoms with van der Waals surface area (Å²) in [7, 11) is 1.43. The lowest BCUT2D eigenvalue weighted by Crippen LogP contribution is -2.49. The fourth-order valence-corrected chi connectivity index (χ4v) is 5.65. The van der Waals surface area contributed by atoms with Crippen molar-refractivity contribution in [3.05, 3.63) is 16.5 Å². The molecule has 2 aliphatic heterocycles. The predicted molar refractivity (Wildman–Crippen MR) is 116 cm³/mol. The molecule has 2 aliphatic rings. The highest BCUT2D eigenvalue weighted by atomic mass is 32.1. The van der Waals surface area contributed by atoms with Gasteiger partial charge in [-0.1, -0.05) is 0 Å². The first-order valence-corrected chi connectivity index (χ1v) is 11.5. The van der Waals surface area contributed by atoms with Crippen LogP contribution in [0.5, 0.6) is 0 Å². The van der Waals surface area contributed by atoms with E-state index in [-0.39, 0.29) is 12.1 Å². The Morgan fingerprint density at radius 3 is 2.41 bits per heavy atom. The van der Waals surface area contributed by atoms with Gasteiger partial charge in [0, 0.05) is 31.1 Å². The van der Waals surface area contributed by atoms with Crippen LogP contribution in [0.25, 0.3) is 0 Å². The lowest BCUT2D eigenvalue weighted by Gasteiger charge is -2.44. The third-order valence-corrected chi connectivity index (χ3v) is 7.08. The first kappa shape index (κ1) is 21.9. The first-order chi connectivity index (χ1) is 13.7. The van der Waals surface area contributed by atoms with Crippen molar-refractivity contribution >= 4 is 28.4 Å². The highest BCUT2D eigenvalue weighted by Gasteiger charge is 2.36. The van der Waals surface area contributed by atoms with E-state index >= 15 is 0 Å². The first-order valence-electron chi connectivity index (χ1n) is 10.6. The van der Waals surface area contributed by atoms with Crippen molar-refractivity contribution in [1.29, 1.82) is 0 Å². The van der Waals surface area contributed by atoms with Gasteiger partial charge >= 0.3 is 12.1 Å². The Bertz CT molecular complexity index is 732. The molecule has 3 heterocycles. The monoisotopic (exact) mass is 422 g/mol. The number of rotatable bonds is 3. The van der Waals surface area contributed by atoms with Gasteiger partial charge in [-0.05, 0) is 71.3 Å². The van der Waals surface area contributed by atoms with Gasteiger partial charge in [-0.15, -0.1) is 11.3 Å². The second kappa shape index (κ2) is 8.94. The molecule has 0 aromatic carbocycles. The van der Waals surface area contributed by atoms with E-state index in [1.807, 2.05) is 38.0 Å². The maximum Gasteiger partial charge on any atom is 0.410 e. The van der Waals surface area contributed by atoms with Crippen LogP contribution in [0.2, 0.25) is 0 Å². The number of amides is 1. The Morgan fingerprint density at radius 2 is 1.79 bits per heavy atom. The number of esters is 1. The largest absolute Gasteiger partial charge is 0.465 e. The zero-order valence-corrected chi connectivity index (χ0v) is 19.1. The molecule has 3 rings (SSSR count). The molecule has 1 aromatic heterocycles. The van der Waals surface area contributed by atoms with E-state index in [4.69, 9.17) is 9.47 Å². The maximum atomic E-state index is 12.4. The van der Waals surface area contributed by atoms with E-state index in [0.29, 0.717) is 17.5 Å². The fraction of sp³-hybridized carbons (Fsp3) is 0.727. The van der Waals surface area contributed by atoms with Crippen molar-refractivity contribution in [2.45, 2.75) is 71.4 Å². The number of methoxy groups -OCH3 is 1. The molecule has 29 heavy (non-hydrogen) atoms. The molecule has 162 valence electrons. The number of hydrogen-bond donors (Lipinski definition) is 0. The molecule has 0 N–H and O–H groups in total. The minimum atomic E-state index is -0.456. The number of likely N-dealkylation sites (tertiary alicyclic amines) is 1. The smallest absolute Gasteiger partial charge is 0.410 e. The summed E-state index contributed by atoms with van der Waals surface area (Å²) in [6, 6.07) is 0.465. The normalized spacial score (nSPS) is 21.2. The van der Waals surface area contributed by atoms with Gasteiger partial charge in [-0.25, -0.2) is 9.59 Å². The van der Waals surface area contributed by atoms with E-state index in [1.165, 1.54) is 31.4 Å². The van der Waals surface area contributed by atoms with E-state index in [9.17, 15) is 9.59 Å². The Hall–Kier alpha value is -1.76. The minimum absolute atomic E-state index is 0.201. The lowest BCUT2D eigenvalue weighted by molar-refractivity contribution is 0.0170. The third-order valence-electron chi connectivity index (χ3n) is 5.96. The Balaban J connectivity index is 1.68. The SMILES string of the molecule is COC(=O)c1csc(N2CCCCC2C2CCN(C(=O)OC(C)(C)C)CC2)c1C. The average molecular weight is 423 g/mol. The summed E-state index contributed by atoms with van der Waals surface area (Å²) in [5.41, 5.74) is 1.25. The Morgan fingerprint density at radius 1 is 1.10 bits per heavy atom. The van der Waals surface area contributed by atoms with Gasteiger partial charge in [0.2, 0.25) is 0 Å². The van der Waals surface area contributed by atoms with Crippen LogP contribution in [0, 0.1) is 12.8 Å². The number of piperidine rings is 2. The summed E-state index contributed by atoms with van der Waals surface area (Å²) < 4.78 is 10.5. The molecular weight excluding hydrogens is 388 g/mol. The summed E-state index contributed by atoms with van der Waals surface area (Å²) in [5.74, 6) is 0.293. The van der Waals surface area contributed by atoms with Crippen molar-refractivity contribution in [3.8, 4) is 0 Å². The van der Waals surface area contributed by atoms with Crippen LogP contribution in [0.15, 0.2) is 5.38 Å². The average Bonchev–Trinajstić information content (AvgIpc) is 3.07. The van der Waals surface area contributed by atoms with Gasteiger partial charge < -0.3 is 19.3 Å². The van der Waals surface area contributed by atoms with Gasteiger partial charge in [0.05, 0.1) is 17.7 Å². The highest BCUT2D eigenvalue weighted by molar-refractivity contribution is 7.14. The van der Waals surface area contributed by atoms with Gasteiger partial charge in [-0.2, -0.15) is 0 Å². The van der Waals surface area contributed by atoms with Crippen molar-refractivity contribution in [3.63, 3.8) is 0 Å². The van der Waals surface area contributed by atoms with Gasteiger partial charge in [-0.3, -0.25) is 0 Å². The summed E-state index contributed by atoms with van der Waals surface area (Å²) in [6.45, 7) is 10.3. The number of nitrogens with zero attached hydrogens (tertiary/aromatic N) is 2. The molecule has 1 unspecified atom stereocenters. The molecule has 6 nitrogen and oxygen atoms in total. The number of ether oxygens (including phenoxy) is 2. The van der Waals surface area contributed by atoms with Crippen LogP contribution in [-0.4, -0.2) is 55.3 Å². The van der Waals surface area contributed by atoms with E-state index in [2.05, 4.69) is 4.90 Å². The molecule has 0 radical (unpaired) electrons. The molecule has 1 atom stereocenters. The molecule has 1 aromatic rings. The topological polar surface area (TPSA) is 59.1 Å². The second-order valence-electron chi connectivity index (χ2n) is 9.13. The van der Waals surface area contributed by atoms with Crippen LogP contribution in [0.4, 0.5) is 9.80 Å². The third kappa shape index (κ3) is 5.05. The standard InChI is InChI=1S/C22H34N2O4S/c1-15-17(20(25)27-5)14-29-19(15)24-11-7-6-8-18(24)16-9-12-23(13-10-16)21(26)28-22(2,3)4/h14,16,18H,6-13H2,1-5H3. The van der Waals surface area contributed by atoms with Gasteiger partial charge in [0.25, 0.3) is 0 Å². The van der Waals surface area contributed by atoms with Crippen molar-refractivity contribution in [2.75, 3.05) is 31.6 Å². The number of anilines is 1.